The topological polar surface area (TPSA) is 0 Å². The van der Waals surface area contributed by atoms with Crippen LogP contribution < -0.4 is 0 Å². The Hall–Kier alpha value is 0.210. The highest BCUT2D eigenvalue weighted by Gasteiger charge is 2.40. The van der Waals surface area contributed by atoms with Crippen molar-refractivity contribution in [1.29, 1.82) is 0 Å². The molecule has 0 bridgehead atoms. The molecule has 0 amide bonds. The standard InChI is InChI=1S/C11H10BrCl2F/c1-11(2)4-6(13)8-9(11)7(15)3-5(12)10(8)14/h3,6H,4H2,1-2H3. The molecule has 2 rings (SSSR count). The van der Waals surface area contributed by atoms with Crippen molar-refractivity contribution in [2.45, 2.75) is 31.1 Å². The average molecular weight is 312 g/mol. The fraction of sp³-hybridized carbons (Fsp3) is 0.455. The molecular weight excluding hydrogens is 302 g/mol. The zero-order chi connectivity index (χ0) is 11.4. The molecule has 4 heteroatoms. The maximum atomic E-state index is 13.9. The minimum absolute atomic E-state index is 0.200. The van der Waals surface area contributed by atoms with Crippen LogP contribution in [0.3, 0.4) is 0 Å². The van der Waals surface area contributed by atoms with Crippen molar-refractivity contribution in [2.75, 3.05) is 0 Å². The summed E-state index contributed by atoms with van der Waals surface area (Å²) >= 11 is 15.6. The third kappa shape index (κ3) is 1.71. The van der Waals surface area contributed by atoms with E-state index in [1.807, 2.05) is 13.8 Å². The Morgan fingerprint density at radius 1 is 1.53 bits per heavy atom. The van der Waals surface area contributed by atoms with E-state index in [0.29, 0.717) is 15.1 Å². The molecule has 1 aliphatic rings. The lowest BCUT2D eigenvalue weighted by Gasteiger charge is -2.19. The molecule has 0 fully saturated rings. The molecule has 0 aromatic heterocycles. The van der Waals surface area contributed by atoms with E-state index in [9.17, 15) is 4.39 Å². The van der Waals surface area contributed by atoms with E-state index in [2.05, 4.69) is 15.9 Å². The normalized spacial score (nSPS) is 22.9. The summed E-state index contributed by atoms with van der Waals surface area (Å²) in [7, 11) is 0. The van der Waals surface area contributed by atoms with Crippen LogP contribution in [0, 0.1) is 5.82 Å². The summed E-state index contributed by atoms with van der Waals surface area (Å²) in [6.45, 7) is 3.98. The van der Waals surface area contributed by atoms with Gasteiger partial charge in [-0.15, -0.1) is 11.6 Å². The van der Waals surface area contributed by atoms with Crippen molar-refractivity contribution >= 4 is 39.1 Å². The maximum absolute atomic E-state index is 13.9. The van der Waals surface area contributed by atoms with Crippen LogP contribution >= 0.6 is 39.1 Å². The second kappa shape index (κ2) is 3.61. The second-order valence-electron chi connectivity index (χ2n) is 4.50. The van der Waals surface area contributed by atoms with Crippen LogP contribution in [0.25, 0.3) is 0 Å². The molecule has 1 aromatic carbocycles. The molecule has 0 aliphatic heterocycles. The lowest BCUT2D eigenvalue weighted by atomic mass is 9.86. The van der Waals surface area contributed by atoms with Gasteiger partial charge in [0, 0.05) is 4.47 Å². The van der Waals surface area contributed by atoms with E-state index in [0.717, 1.165) is 12.0 Å². The molecule has 1 unspecified atom stereocenters. The molecule has 0 N–H and O–H groups in total. The predicted molar refractivity (Wildman–Crippen MR) is 65.3 cm³/mol. The van der Waals surface area contributed by atoms with Gasteiger partial charge in [0.25, 0.3) is 0 Å². The lowest BCUT2D eigenvalue weighted by Crippen LogP contribution is -2.14. The van der Waals surface area contributed by atoms with Crippen LogP contribution in [0.2, 0.25) is 5.02 Å². The maximum Gasteiger partial charge on any atom is 0.128 e. The van der Waals surface area contributed by atoms with E-state index in [1.165, 1.54) is 6.07 Å². The zero-order valence-corrected chi connectivity index (χ0v) is 11.5. The quantitative estimate of drug-likeness (QED) is 0.456. The van der Waals surface area contributed by atoms with E-state index < -0.39 is 0 Å². The van der Waals surface area contributed by atoms with Crippen molar-refractivity contribution < 1.29 is 4.39 Å². The molecule has 1 aromatic rings. The number of halogens is 4. The van der Waals surface area contributed by atoms with Gasteiger partial charge >= 0.3 is 0 Å². The predicted octanol–water partition coefficient (Wildman–Crippen LogP) is 5.20. The Kier molecular flexibility index (Phi) is 2.81. The molecule has 0 saturated carbocycles. The van der Waals surface area contributed by atoms with Crippen LogP contribution in [0.4, 0.5) is 4.39 Å². The molecule has 1 atom stereocenters. The first-order chi connectivity index (χ1) is 6.84. The fourth-order valence-electron chi connectivity index (χ4n) is 2.25. The first kappa shape index (κ1) is 11.7. The Balaban J connectivity index is 2.78. The van der Waals surface area contributed by atoms with Gasteiger partial charge in [-0.1, -0.05) is 25.4 Å². The number of fused-ring (bicyclic) bond motifs is 1. The van der Waals surface area contributed by atoms with Crippen molar-refractivity contribution in [3.63, 3.8) is 0 Å². The second-order valence-corrected chi connectivity index (χ2v) is 6.26. The molecule has 0 radical (unpaired) electrons. The van der Waals surface area contributed by atoms with E-state index >= 15 is 0 Å². The third-order valence-electron chi connectivity index (χ3n) is 2.89. The van der Waals surface area contributed by atoms with E-state index in [1.54, 1.807) is 0 Å². The van der Waals surface area contributed by atoms with Crippen molar-refractivity contribution in [2.24, 2.45) is 0 Å². The lowest BCUT2D eigenvalue weighted by molar-refractivity contribution is 0.484. The van der Waals surface area contributed by atoms with Crippen LogP contribution in [0.5, 0.6) is 0 Å². The first-order valence-electron chi connectivity index (χ1n) is 4.66. The van der Waals surface area contributed by atoms with Gasteiger partial charge < -0.3 is 0 Å². The minimum Gasteiger partial charge on any atom is -0.207 e. The summed E-state index contributed by atoms with van der Waals surface area (Å²) in [5.41, 5.74) is 1.17. The van der Waals surface area contributed by atoms with E-state index in [-0.39, 0.29) is 16.6 Å². The highest BCUT2D eigenvalue weighted by Crippen LogP contribution is 2.52. The monoisotopic (exact) mass is 310 g/mol. The van der Waals surface area contributed by atoms with Gasteiger partial charge in [0.2, 0.25) is 0 Å². The average Bonchev–Trinajstić information content (AvgIpc) is 2.32. The van der Waals surface area contributed by atoms with Crippen LogP contribution in [-0.4, -0.2) is 0 Å². The first-order valence-corrected chi connectivity index (χ1v) is 6.27. The summed E-state index contributed by atoms with van der Waals surface area (Å²) in [6.07, 6.45) is 0.719. The molecular formula is C11H10BrCl2F. The summed E-state index contributed by atoms with van der Waals surface area (Å²) < 4.78 is 14.4. The number of alkyl halides is 1. The summed E-state index contributed by atoms with van der Waals surface area (Å²) in [6, 6.07) is 1.41. The van der Waals surface area contributed by atoms with Crippen molar-refractivity contribution in [1.82, 2.24) is 0 Å². The van der Waals surface area contributed by atoms with Crippen LogP contribution in [0.1, 0.15) is 36.8 Å². The number of hydrogen-bond acceptors (Lipinski definition) is 0. The summed E-state index contributed by atoms with van der Waals surface area (Å²) in [5.74, 6) is -0.227. The van der Waals surface area contributed by atoms with Crippen molar-refractivity contribution in [3.8, 4) is 0 Å². The Morgan fingerprint density at radius 2 is 2.13 bits per heavy atom. The van der Waals surface area contributed by atoms with Gasteiger partial charge in [0.1, 0.15) is 5.82 Å². The molecule has 0 heterocycles. The van der Waals surface area contributed by atoms with E-state index in [4.69, 9.17) is 23.2 Å². The molecule has 0 spiro atoms. The summed E-state index contributed by atoms with van der Waals surface area (Å²) in [5, 5.41) is 0.339. The fourth-order valence-corrected chi connectivity index (χ4v) is 3.60. The van der Waals surface area contributed by atoms with Gasteiger partial charge in [-0.2, -0.15) is 0 Å². The van der Waals surface area contributed by atoms with Gasteiger partial charge in [0.05, 0.1) is 10.4 Å². The van der Waals surface area contributed by atoms with Crippen LogP contribution in [-0.2, 0) is 5.41 Å². The molecule has 0 nitrogen and oxygen atoms in total. The molecule has 1 aliphatic carbocycles. The van der Waals surface area contributed by atoms with Gasteiger partial charge in [-0.3, -0.25) is 0 Å². The van der Waals surface area contributed by atoms with Gasteiger partial charge in [0.15, 0.2) is 0 Å². The number of hydrogen-bond donors (Lipinski definition) is 0. The highest BCUT2D eigenvalue weighted by molar-refractivity contribution is 9.10. The number of benzene rings is 1. The Bertz CT molecular complexity index is 429. The highest BCUT2D eigenvalue weighted by atomic mass is 79.9. The summed E-state index contributed by atoms with van der Waals surface area (Å²) in [4.78, 5) is 0. The largest absolute Gasteiger partial charge is 0.207 e. The molecule has 15 heavy (non-hydrogen) atoms. The van der Waals surface area contributed by atoms with Gasteiger partial charge in [-0.05, 0) is 45.0 Å². The smallest absolute Gasteiger partial charge is 0.128 e. The third-order valence-corrected chi connectivity index (χ3v) is 4.52. The number of rotatable bonds is 0. The zero-order valence-electron chi connectivity index (χ0n) is 8.37. The van der Waals surface area contributed by atoms with Crippen molar-refractivity contribution in [3.05, 3.63) is 32.5 Å². The van der Waals surface area contributed by atoms with Gasteiger partial charge in [-0.25, -0.2) is 4.39 Å². The minimum atomic E-state index is -0.240. The SMILES string of the molecule is CC1(C)CC(Cl)c2c(Cl)c(Br)cc(F)c21. The Morgan fingerprint density at radius 3 is 2.73 bits per heavy atom. The Labute approximate surface area is 107 Å². The molecule has 82 valence electrons. The van der Waals surface area contributed by atoms with Crippen LogP contribution in [0.15, 0.2) is 10.5 Å². The molecule has 0 saturated heterocycles.